The van der Waals surface area contributed by atoms with E-state index in [1.54, 1.807) is 12.1 Å². The lowest BCUT2D eigenvalue weighted by Crippen LogP contribution is -2.28. The highest BCUT2D eigenvalue weighted by Crippen LogP contribution is 2.28. The van der Waals surface area contributed by atoms with Crippen molar-refractivity contribution < 1.29 is 14.6 Å². The first-order valence-electron chi connectivity index (χ1n) is 8.53. The third kappa shape index (κ3) is 5.41. The molecule has 124 valence electrons. The smallest absolute Gasteiger partial charge is 0.339 e. The molecule has 3 nitrogen and oxygen atoms in total. The van der Waals surface area contributed by atoms with Crippen LogP contribution in [0, 0.1) is 23.7 Å². The van der Waals surface area contributed by atoms with Gasteiger partial charge in [0.2, 0.25) is 0 Å². The first kappa shape index (κ1) is 17.6. The summed E-state index contributed by atoms with van der Waals surface area (Å²) in [5.41, 5.74) is 0.541. The van der Waals surface area contributed by atoms with Gasteiger partial charge < -0.3 is 9.84 Å². The first-order valence-corrected chi connectivity index (χ1v) is 8.53. The number of benzene rings is 1. The third-order valence-corrected chi connectivity index (χ3v) is 4.33. The fourth-order valence-electron chi connectivity index (χ4n) is 2.77. The van der Waals surface area contributed by atoms with Crippen molar-refractivity contribution in [2.45, 2.75) is 58.2 Å². The monoisotopic (exact) mass is 314 g/mol. The van der Waals surface area contributed by atoms with Crippen molar-refractivity contribution in [2.24, 2.45) is 11.8 Å². The van der Waals surface area contributed by atoms with E-state index in [9.17, 15) is 9.90 Å². The predicted molar refractivity (Wildman–Crippen MR) is 90.8 cm³/mol. The summed E-state index contributed by atoms with van der Waals surface area (Å²) >= 11 is 0. The summed E-state index contributed by atoms with van der Waals surface area (Å²) in [4.78, 5) is 12.3. The molecule has 1 aliphatic rings. The highest BCUT2D eigenvalue weighted by atomic mass is 16.5. The summed E-state index contributed by atoms with van der Waals surface area (Å²) < 4.78 is 5.68. The van der Waals surface area contributed by atoms with E-state index in [0.29, 0.717) is 5.56 Å². The molecular weight excluding hydrogens is 288 g/mol. The Morgan fingerprint density at radius 2 is 1.78 bits per heavy atom. The normalized spacial score (nSPS) is 17.9. The van der Waals surface area contributed by atoms with Gasteiger partial charge in [-0.1, -0.05) is 63.1 Å². The van der Waals surface area contributed by atoms with E-state index in [-0.39, 0.29) is 17.8 Å². The quantitative estimate of drug-likeness (QED) is 0.679. The number of hydrogen-bond acceptors (Lipinski definition) is 3. The first-order chi connectivity index (χ1) is 11.1. The topological polar surface area (TPSA) is 46.5 Å². The molecule has 0 spiro atoms. The molecule has 0 amide bonds. The molecule has 0 radical (unpaired) electrons. The minimum Gasteiger partial charge on any atom is -0.445 e. The van der Waals surface area contributed by atoms with Gasteiger partial charge in [0.05, 0.1) is 5.56 Å². The molecule has 1 saturated carbocycles. The van der Waals surface area contributed by atoms with Gasteiger partial charge in [-0.2, -0.15) is 0 Å². The highest BCUT2D eigenvalue weighted by molar-refractivity contribution is 5.89. The fraction of sp³-hybridized carbons (Fsp3) is 0.550. The molecule has 0 bridgehead atoms. The molecule has 2 atom stereocenters. The van der Waals surface area contributed by atoms with Gasteiger partial charge >= 0.3 is 5.97 Å². The predicted octanol–water partition coefficient (Wildman–Crippen LogP) is 3.81. The zero-order chi connectivity index (χ0) is 16.7. The van der Waals surface area contributed by atoms with E-state index < -0.39 is 12.2 Å². The second-order valence-corrected chi connectivity index (χ2v) is 6.57. The molecule has 0 heterocycles. The molecule has 1 fully saturated rings. The average molecular weight is 314 g/mol. The van der Waals surface area contributed by atoms with Crippen LogP contribution in [0.15, 0.2) is 30.3 Å². The van der Waals surface area contributed by atoms with E-state index >= 15 is 0 Å². The molecule has 2 rings (SSSR count). The lowest BCUT2D eigenvalue weighted by atomic mass is 9.85. The van der Waals surface area contributed by atoms with Gasteiger partial charge in [-0.15, -0.1) is 0 Å². The molecule has 0 saturated heterocycles. The van der Waals surface area contributed by atoms with Crippen molar-refractivity contribution in [3.05, 3.63) is 35.9 Å². The lowest BCUT2D eigenvalue weighted by Gasteiger charge is -2.26. The second-order valence-electron chi connectivity index (χ2n) is 6.57. The standard InChI is InChI=1S/C20H26O3/c1-15(2)18(21)13-14-19(16-9-5-3-6-10-16)23-20(22)17-11-7-4-8-12-17/h4,7-8,11-12,15-16,18-19,21H,3,5-6,9-10H2,1-2H3/t18-,19-/m1/s1. The maximum absolute atomic E-state index is 12.3. The van der Waals surface area contributed by atoms with Gasteiger partial charge in [-0.25, -0.2) is 4.79 Å². The van der Waals surface area contributed by atoms with Gasteiger partial charge in [0.1, 0.15) is 6.10 Å². The number of carbonyl (C=O) groups excluding carboxylic acids is 1. The second kappa shape index (κ2) is 8.74. The largest absolute Gasteiger partial charge is 0.445 e. The Morgan fingerprint density at radius 1 is 1.13 bits per heavy atom. The Labute approximate surface area is 139 Å². The van der Waals surface area contributed by atoms with E-state index in [1.807, 2.05) is 32.0 Å². The summed E-state index contributed by atoms with van der Waals surface area (Å²) in [6.45, 7) is 3.84. The molecule has 0 unspecified atom stereocenters. The molecule has 23 heavy (non-hydrogen) atoms. The average Bonchev–Trinajstić information content (AvgIpc) is 2.59. The van der Waals surface area contributed by atoms with E-state index in [2.05, 4.69) is 11.8 Å². The number of aliphatic hydroxyl groups excluding tert-OH is 1. The SMILES string of the molecule is CC(C)[C@H](O)C#C[C@@H](OC(=O)c1ccccc1)C1CCCCC1. The summed E-state index contributed by atoms with van der Waals surface area (Å²) in [5.74, 6) is 5.89. The molecule has 1 N–H and O–H groups in total. The number of hydrogen-bond donors (Lipinski definition) is 1. The molecule has 1 aromatic rings. The van der Waals surface area contributed by atoms with E-state index in [4.69, 9.17) is 4.74 Å². The molecule has 1 aromatic carbocycles. The van der Waals surface area contributed by atoms with Crippen LogP contribution in [0.1, 0.15) is 56.3 Å². The Kier molecular flexibility index (Phi) is 6.67. The summed E-state index contributed by atoms with van der Waals surface area (Å²) in [5, 5.41) is 9.91. The van der Waals surface area contributed by atoms with Crippen molar-refractivity contribution in [1.82, 2.24) is 0 Å². The van der Waals surface area contributed by atoms with Crippen LogP contribution in [-0.4, -0.2) is 23.3 Å². The Bertz CT molecular complexity index is 547. The van der Waals surface area contributed by atoms with Crippen LogP contribution in [0.5, 0.6) is 0 Å². The van der Waals surface area contributed by atoms with Gasteiger partial charge in [-0.3, -0.25) is 0 Å². The molecule has 3 heteroatoms. The van der Waals surface area contributed by atoms with Crippen LogP contribution in [0.4, 0.5) is 0 Å². The van der Waals surface area contributed by atoms with Crippen LogP contribution in [0.25, 0.3) is 0 Å². The minimum absolute atomic E-state index is 0.0688. The Morgan fingerprint density at radius 3 is 2.39 bits per heavy atom. The van der Waals surface area contributed by atoms with Crippen molar-refractivity contribution in [3.8, 4) is 11.8 Å². The summed E-state index contributed by atoms with van der Waals surface area (Å²) in [6, 6.07) is 9.00. The number of aliphatic hydroxyl groups is 1. The molecule has 1 aliphatic carbocycles. The van der Waals surface area contributed by atoms with Crippen molar-refractivity contribution >= 4 is 5.97 Å². The molecule has 0 aromatic heterocycles. The van der Waals surface area contributed by atoms with Crippen LogP contribution in [-0.2, 0) is 4.74 Å². The van der Waals surface area contributed by atoms with E-state index in [0.717, 1.165) is 25.7 Å². The number of esters is 1. The third-order valence-electron chi connectivity index (χ3n) is 4.33. The lowest BCUT2D eigenvalue weighted by molar-refractivity contribution is 0.0250. The van der Waals surface area contributed by atoms with Crippen LogP contribution < -0.4 is 0 Å². The number of ether oxygens (including phenoxy) is 1. The van der Waals surface area contributed by atoms with Crippen LogP contribution >= 0.6 is 0 Å². The van der Waals surface area contributed by atoms with Crippen molar-refractivity contribution in [2.75, 3.05) is 0 Å². The Balaban J connectivity index is 2.11. The van der Waals surface area contributed by atoms with Gasteiger partial charge in [0, 0.05) is 5.92 Å². The van der Waals surface area contributed by atoms with Crippen LogP contribution in [0.3, 0.4) is 0 Å². The summed E-state index contributed by atoms with van der Waals surface area (Å²) in [7, 11) is 0. The van der Waals surface area contributed by atoms with Crippen molar-refractivity contribution in [1.29, 1.82) is 0 Å². The van der Waals surface area contributed by atoms with Gasteiger partial charge in [0.25, 0.3) is 0 Å². The van der Waals surface area contributed by atoms with Gasteiger partial charge in [0.15, 0.2) is 6.10 Å². The maximum Gasteiger partial charge on any atom is 0.339 e. The fourth-order valence-corrected chi connectivity index (χ4v) is 2.77. The number of rotatable bonds is 4. The molecule has 0 aliphatic heterocycles. The Hall–Kier alpha value is -1.79. The highest BCUT2D eigenvalue weighted by Gasteiger charge is 2.26. The summed E-state index contributed by atoms with van der Waals surface area (Å²) in [6.07, 6.45) is 4.47. The zero-order valence-corrected chi connectivity index (χ0v) is 14.0. The number of carbonyl (C=O) groups is 1. The van der Waals surface area contributed by atoms with Gasteiger partial charge in [-0.05, 0) is 30.9 Å². The zero-order valence-electron chi connectivity index (χ0n) is 14.0. The minimum atomic E-state index is -0.684. The van der Waals surface area contributed by atoms with Crippen molar-refractivity contribution in [3.63, 3.8) is 0 Å². The molecular formula is C20H26O3. The van der Waals surface area contributed by atoms with Crippen LogP contribution in [0.2, 0.25) is 0 Å². The maximum atomic E-state index is 12.3. The van der Waals surface area contributed by atoms with E-state index in [1.165, 1.54) is 6.42 Å².